The van der Waals surface area contributed by atoms with E-state index in [1.165, 1.54) is 0 Å². The van der Waals surface area contributed by atoms with Gasteiger partial charge in [-0.05, 0) is 25.5 Å². The standard InChI is InChI=1S/C17H27N5O2.2ClH/c1-14(18)5-6-16(23)20-9-7-17(24)22-12-10-21(11-13-22)15-4-2-3-8-19-15;;/h2-4,8,14H,5-7,9-13,18H2,1H3,(H,20,23);2*1H. The third kappa shape index (κ3) is 8.21. The Bertz CT molecular complexity index is 537. The summed E-state index contributed by atoms with van der Waals surface area (Å²) in [5, 5.41) is 2.78. The molecule has 0 bridgehead atoms. The summed E-state index contributed by atoms with van der Waals surface area (Å²) in [4.78, 5) is 32.2. The number of carbonyl (C=O) groups is 2. The van der Waals surface area contributed by atoms with Crippen molar-refractivity contribution in [2.24, 2.45) is 5.73 Å². The van der Waals surface area contributed by atoms with E-state index in [4.69, 9.17) is 5.73 Å². The number of amides is 2. The summed E-state index contributed by atoms with van der Waals surface area (Å²) in [6.07, 6.45) is 3.19. The van der Waals surface area contributed by atoms with Crippen LogP contribution in [0.25, 0.3) is 0 Å². The molecule has 1 atom stereocenters. The van der Waals surface area contributed by atoms with E-state index in [2.05, 4.69) is 15.2 Å². The van der Waals surface area contributed by atoms with Gasteiger partial charge in [-0.1, -0.05) is 6.07 Å². The summed E-state index contributed by atoms with van der Waals surface area (Å²) in [6.45, 7) is 5.20. The maximum absolute atomic E-state index is 12.2. The van der Waals surface area contributed by atoms with Crippen molar-refractivity contribution in [1.29, 1.82) is 0 Å². The molecule has 2 rings (SSSR count). The molecular weight excluding hydrogens is 377 g/mol. The van der Waals surface area contributed by atoms with E-state index in [1.807, 2.05) is 30.0 Å². The first-order valence-corrected chi connectivity index (χ1v) is 8.52. The van der Waals surface area contributed by atoms with Crippen LogP contribution in [0, 0.1) is 0 Å². The van der Waals surface area contributed by atoms with Crippen LogP contribution < -0.4 is 16.0 Å². The summed E-state index contributed by atoms with van der Waals surface area (Å²) < 4.78 is 0. The molecule has 2 heterocycles. The molecule has 2 amide bonds. The van der Waals surface area contributed by atoms with E-state index < -0.39 is 0 Å². The Morgan fingerprint density at radius 1 is 1.19 bits per heavy atom. The molecule has 1 aliphatic heterocycles. The largest absolute Gasteiger partial charge is 0.356 e. The van der Waals surface area contributed by atoms with Crippen molar-refractivity contribution in [2.75, 3.05) is 37.6 Å². The summed E-state index contributed by atoms with van der Waals surface area (Å²) in [6, 6.07) is 5.86. The number of rotatable bonds is 7. The second-order valence-electron chi connectivity index (χ2n) is 6.17. The minimum atomic E-state index is -0.0416. The van der Waals surface area contributed by atoms with Crippen molar-refractivity contribution in [3.63, 3.8) is 0 Å². The van der Waals surface area contributed by atoms with Gasteiger partial charge in [-0.15, -0.1) is 24.8 Å². The second kappa shape index (κ2) is 12.7. The van der Waals surface area contributed by atoms with Crippen LogP contribution >= 0.6 is 24.8 Å². The van der Waals surface area contributed by atoms with Crippen LogP contribution in [-0.4, -0.2) is 60.5 Å². The maximum atomic E-state index is 12.2. The third-order valence-corrected chi connectivity index (χ3v) is 4.09. The molecular formula is C17H29Cl2N5O2. The smallest absolute Gasteiger partial charge is 0.224 e. The van der Waals surface area contributed by atoms with Crippen molar-refractivity contribution in [3.8, 4) is 0 Å². The molecule has 1 aliphatic rings. The van der Waals surface area contributed by atoms with E-state index >= 15 is 0 Å². The number of carbonyl (C=O) groups excluding carboxylic acids is 2. The predicted octanol–water partition coefficient (Wildman–Crippen LogP) is 1.21. The van der Waals surface area contributed by atoms with Crippen LogP contribution in [0.15, 0.2) is 24.4 Å². The first kappa shape index (κ1) is 24.4. The number of nitrogens with one attached hydrogen (secondary N) is 1. The minimum Gasteiger partial charge on any atom is -0.356 e. The lowest BCUT2D eigenvalue weighted by Crippen LogP contribution is -2.49. The Morgan fingerprint density at radius 2 is 1.88 bits per heavy atom. The lowest BCUT2D eigenvalue weighted by Gasteiger charge is -2.35. The highest BCUT2D eigenvalue weighted by atomic mass is 35.5. The first-order chi connectivity index (χ1) is 11.6. The quantitative estimate of drug-likeness (QED) is 0.710. The number of nitrogens with zero attached hydrogens (tertiary/aromatic N) is 3. The molecule has 7 nitrogen and oxygen atoms in total. The number of anilines is 1. The van der Waals surface area contributed by atoms with Crippen LogP contribution in [0.4, 0.5) is 5.82 Å². The highest BCUT2D eigenvalue weighted by molar-refractivity contribution is 5.85. The molecule has 0 radical (unpaired) electrons. The van der Waals surface area contributed by atoms with Gasteiger partial charge < -0.3 is 20.9 Å². The maximum Gasteiger partial charge on any atom is 0.224 e. The number of pyridine rings is 1. The molecule has 0 aromatic carbocycles. The highest BCUT2D eigenvalue weighted by Crippen LogP contribution is 2.12. The lowest BCUT2D eigenvalue weighted by atomic mass is 10.2. The number of piperazine rings is 1. The van der Waals surface area contributed by atoms with Gasteiger partial charge in [0.2, 0.25) is 11.8 Å². The molecule has 26 heavy (non-hydrogen) atoms. The van der Waals surface area contributed by atoms with Crippen molar-refractivity contribution >= 4 is 42.4 Å². The van der Waals surface area contributed by atoms with Gasteiger partial charge in [0.15, 0.2) is 0 Å². The third-order valence-electron chi connectivity index (χ3n) is 4.09. The van der Waals surface area contributed by atoms with Crippen LogP contribution in [0.5, 0.6) is 0 Å². The van der Waals surface area contributed by atoms with E-state index in [9.17, 15) is 9.59 Å². The normalized spacial score (nSPS) is 14.7. The summed E-state index contributed by atoms with van der Waals surface area (Å²) in [7, 11) is 0. The van der Waals surface area contributed by atoms with Crippen LogP contribution in [0.3, 0.4) is 0 Å². The Kier molecular flexibility index (Phi) is 12.0. The Labute approximate surface area is 167 Å². The molecule has 0 spiro atoms. The van der Waals surface area contributed by atoms with Gasteiger partial charge in [-0.3, -0.25) is 9.59 Å². The van der Waals surface area contributed by atoms with E-state index in [0.29, 0.717) is 38.9 Å². The Balaban J connectivity index is 0.00000312. The number of halogens is 2. The van der Waals surface area contributed by atoms with Crippen LogP contribution in [-0.2, 0) is 9.59 Å². The molecule has 1 aromatic heterocycles. The molecule has 3 N–H and O–H groups in total. The molecule has 148 valence electrons. The molecule has 0 aliphatic carbocycles. The zero-order valence-electron chi connectivity index (χ0n) is 15.1. The topological polar surface area (TPSA) is 91.6 Å². The zero-order chi connectivity index (χ0) is 17.4. The van der Waals surface area contributed by atoms with Gasteiger partial charge in [0.05, 0.1) is 0 Å². The average molecular weight is 406 g/mol. The van der Waals surface area contributed by atoms with Gasteiger partial charge in [0.1, 0.15) is 5.82 Å². The predicted molar refractivity (Wildman–Crippen MR) is 108 cm³/mol. The SMILES string of the molecule is CC(N)CCC(=O)NCCC(=O)N1CCN(c2ccccn2)CC1.Cl.Cl. The Hall–Kier alpha value is -1.57. The molecule has 1 unspecified atom stereocenters. The van der Waals surface area contributed by atoms with E-state index in [-0.39, 0.29) is 42.7 Å². The average Bonchev–Trinajstić information content (AvgIpc) is 2.61. The fourth-order valence-electron chi connectivity index (χ4n) is 2.64. The summed E-state index contributed by atoms with van der Waals surface area (Å²) >= 11 is 0. The van der Waals surface area contributed by atoms with Gasteiger partial charge in [0, 0.05) is 57.8 Å². The molecule has 1 saturated heterocycles. The van der Waals surface area contributed by atoms with Crippen molar-refractivity contribution in [1.82, 2.24) is 15.2 Å². The molecule has 1 aromatic rings. The second-order valence-corrected chi connectivity index (χ2v) is 6.17. The van der Waals surface area contributed by atoms with Gasteiger partial charge in [-0.2, -0.15) is 0 Å². The zero-order valence-corrected chi connectivity index (χ0v) is 16.7. The monoisotopic (exact) mass is 405 g/mol. The first-order valence-electron chi connectivity index (χ1n) is 8.52. The number of nitrogens with two attached hydrogens (primary N) is 1. The lowest BCUT2D eigenvalue weighted by molar-refractivity contribution is -0.131. The van der Waals surface area contributed by atoms with Gasteiger partial charge in [0.25, 0.3) is 0 Å². The van der Waals surface area contributed by atoms with Crippen molar-refractivity contribution in [3.05, 3.63) is 24.4 Å². The summed E-state index contributed by atoms with van der Waals surface area (Å²) in [5.74, 6) is 0.995. The van der Waals surface area contributed by atoms with Crippen LogP contribution in [0.2, 0.25) is 0 Å². The van der Waals surface area contributed by atoms with E-state index in [1.54, 1.807) is 6.20 Å². The fourth-order valence-corrected chi connectivity index (χ4v) is 2.64. The highest BCUT2D eigenvalue weighted by Gasteiger charge is 2.21. The molecule has 1 fully saturated rings. The van der Waals surface area contributed by atoms with Gasteiger partial charge >= 0.3 is 0 Å². The molecule has 0 saturated carbocycles. The van der Waals surface area contributed by atoms with Gasteiger partial charge in [-0.25, -0.2) is 4.98 Å². The van der Waals surface area contributed by atoms with Crippen LogP contribution in [0.1, 0.15) is 26.2 Å². The fraction of sp³-hybridized carbons (Fsp3) is 0.588. The van der Waals surface area contributed by atoms with Crippen molar-refractivity contribution < 1.29 is 9.59 Å². The van der Waals surface area contributed by atoms with E-state index in [0.717, 1.165) is 18.9 Å². The Morgan fingerprint density at radius 3 is 2.46 bits per heavy atom. The number of hydrogen-bond acceptors (Lipinski definition) is 5. The minimum absolute atomic E-state index is 0. The van der Waals surface area contributed by atoms with Crippen molar-refractivity contribution in [2.45, 2.75) is 32.2 Å². The summed E-state index contributed by atoms with van der Waals surface area (Å²) in [5.41, 5.74) is 5.62. The molecule has 9 heteroatoms. The number of hydrogen-bond donors (Lipinski definition) is 2. The number of aromatic nitrogens is 1.